The van der Waals surface area contributed by atoms with Crippen molar-refractivity contribution in [2.75, 3.05) is 39.3 Å². The van der Waals surface area contributed by atoms with E-state index in [1.165, 1.54) is 6.42 Å². The summed E-state index contributed by atoms with van der Waals surface area (Å²) in [4.78, 5) is 13.4. The molecule has 0 radical (unpaired) electrons. The summed E-state index contributed by atoms with van der Waals surface area (Å²) in [6.45, 7) is 5.74. The molecule has 2 aliphatic rings. The fourth-order valence-corrected chi connectivity index (χ4v) is 2.14. The molecule has 2 fully saturated rings. The summed E-state index contributed by atoms with van der Waals surface area (Å²) in [7, 11) is 0. The van der Waals surface area contributed by atoms with Crippen molar-refractivity contribution in [3.05, 3.63) is 0 Å². The molecule has 0 spiro atoms. The van der Waals surface area contributed by atoms with Crippen LogP contribution in [0.4, 0.5) is 0 Å². The van der Waals surface area contributed by atoms with E-state index in [0.717, 1.165) is 38.6 Å². The molecule has 0 amide bonds. The first-order chi connectivity index (χ1) is 6.84. The van der Waals surface area contributed by atoms with E-state index in [-0.39, 0.29) is 5.97 Å². The zero-order valence-corrected chi connectivity index (χ0v) is 8.50. The molecule has 0 aromatic carbocycles. The lowest BCUT2D eigenvalue weighted by molar-refractivity contribution is -0.142. The van der Waals surface area contributed by atoms with Crippen LogP contribution in [0.3, 0.4) is 0 Å². The second-order valence-corrected chi connectivity index (χ2v) is 4.13. The minimum Gasteiger partial charge on any atom is -0.464 e. The molecule has 1 N–H and O–H groups in total. The van der Waals surface area contributed by atoms with E-state index in [9.17, 15) is 4.79 Å². The highest BCUT2D eigenvalue weighted by Crippen LogP contribution is 2.11. The van der Waals surface area contributed by atoms with Crippen molar-refractivity contribution in [3.63, 3.8) is 0 Å². The van der Waals surface area contributed by atoms with Crippen molar-refractivity contribution in [3.8, 4) is 0 Å². The van der Waals surface area contributed by atoms with Gasteiger partial charge < -0.3 is 10.1 Å². The van der Waals surface area contributed by atoms with Gasteiger partial charge in [0, 0.05) is 19.6 Å². The highest BCUT2D eigenvalue weighted by Gasteiger charge is 2.20. The number of nitrogens with zero attached hydrogens (tertiary/aromatic N) is 1. The Morgan fingerprint density at radius 1 is 1.50 bits per heavy atom. The standard InChI is InChI=1S/C10H18N2O2/c13-10-2-4-12(5-6-14-10)8-9-1-3-11-7-9/h9,11H,1-8H2. The molecule has 1 atom stereocenters. The molecule has 0 aromatic heterocycles. The Morgan fingerprint density at radius 2 is 2.43 bits per heavy atom. The fourth-order valence-electron chi connectivity index (χ4n) is 2.14. The topological polar surface area (TPSA) is 41.6 Å². The molecule has 0 saturated carbocycles. The summed E-state index contributed by atoms with van der Waals surface area (Å²) in [5.41, 5.74) is 0. The molecule has 2 saturated heterocycles. The van der Waals surface area contributed by atoms with Crippen LogP contribution in [0.25, 0.3) is 0 Å². The fraction of sp³-hybridized carbons (Fsp3) is 0.900. The van der Waals surface area contributed by atoms with E-state index in [2.05, 4.69) is 10.2 Å². The minimum atomic E-state index is -0.0444. The normalized spacial score (nSPS) is 30.0. The maximum Gasteiger partial charge on any atom is 0.307 e. The number of carbonyl (C=O) groups excluding carboxylic acids is 1. The second-order valence-electron chi connectivity index (χ2n) is 4.13. The van der Waals surface area contributed by atoms with Crippen LogP contribution in [0, 0.1) is 5.92 Å². The van der Waals surface area contributed by atoms with Gasteiger partial charge in [0.1, 0.15) is 6.61 Å². The second kappa shape index (κ2) is 4.75. The Hall–Kier alpha value is -0.610. The van der Waals surface area contributed by atoms with Gasteiger partial charge in [-0.15, -0.1) is 0 Å². The Balaban J connectivity index is 1.76. The van der Waals surface area contributed by atoms with Gasteiger partial charge in [0.25, 0.3) is 0 Å². The molecule has 14 heavy (non-hydrogen) atoms. The van der Waals surface area contributed by atoms with E-state index in [1.807, 2.05) is 0 Å². The molecule has 0 bridgehead atoms. The van der Waals surface area contributed by atoms with Gasteiger partial charge in [-0.05, 0) is 25.4 Å². The Kier molecular flexibility index (Phi) is 3.37. The summed E-state index contributed by atoms with van der Waals surface area (Å²) in [5.74, 6) is 0.722. The average Bonchev–Trinajstić information content (AvgIpc) is 2.58. The highest BCUT2D eigenvalue weighted by atomic mass is 16.5. The molecule has 4 nitrogen and oxygen atoms in total. The van der Waals surface area contributed by atoms with Crippen molar-refractivity contribution < 1.29 is 9.53 Å². The predicted octanol–water partition coefficient (Wildman–Crippen LogP) is -0.155. The van der Waals surface area contributed by atoms with Crippen LogP contribution in [0.1, 0.15) is 12.8 Å². The Bertz CT molecular complexity index is 202. The first-order valence-electron chi connectivity index (χ1n) is 5.43. The van der Waals surface area contributed by atoms with Crippen LogP contribution in [0.5, 0.6) is 0 Å². The van der Waals surface area contributed by atoms with E-state index < -0.39 is 0 Å². The molecule has 0 aliphatic carbocycles. The summed E-state index contributed by atoms with van der Waals surface area (Å²) in [5, 5.41) is 3.36. The van der Waals surface area contributed by atoms with E-state index >= 15 is 0 Å². The third-order valence-electron chi connectivity index (χ3n) is 2.98. The number of ether oxygens (including phenoxy) is 1. The van der Waals surface area contributed by atoms with Crippen molar-refractivity contribution >= 4 is 5.97 Å². The van der Waals surface area contributed by atoms with Gasteiger partial charge in [-0.2, -0.15) is 0 Å². The van der Waals surface area contributed by atoms with Gasteiger partial charge in [-0.3, -0.25) is 9.69 Å². The van der Waals surface area contributed by atoms with E-state index in [1.54, 1.807) is 0 Å². The number of rotatable bonds is 2. The summed E-state index contributed by atoms with van der Waals surface area (Å²) < 4.78 is 5.00. The van der Waals surface area contributed by atoms with E-state index in [0.29, 0.717) is 13.0 Å². The summed E-state index contributed by atoms with van der Waals surface area (Å²) in [6.07, 6.45) is 1.82. The molecular weight excluding hydrogens is 180 g/mol. The molecule has 2 aliphatic heterocycles. The lowest BCUT2D eigenvalue weighted by Crippen LogP contribution is -2.32. The minimum absolute atomic E-state index is 0.0444. The lowest BCUT2D eigenvalue weighted by Gasteiger charge is -2.21. The molecule has 4 heteroatoms. The van der Waals surface area contributed by atoms with Gasteiger partial charge in [0.2, 0.25) is 0 Å². The van der Waals surface area contributed by atoms with Crippen LogP contribution in [0.2, 0.25) is 0 Å². The predicted molar refractivity (Wildman–Crippen MR) is 53.0 cm³/mol. The largest absolute Gasteiger partial charge is 0.464 e. The molecule has 2 rings (SSSR count). The van der Waals surface area contributed by atoms with Crippen LogP contribution >= 0.6 is 0 Å². The maximum atomic E-state index is 11.0. The smallest absolute Gasteiger partial charge is 0.307 e. The van der Waals surface area contributed by atoms with Gasteiger partial charge in [-0.25, -0.2) is 0 Å². The number of carbonyl (C=O) groups is 1. The van der Waals surface area contributed by atoms with E-state index in [4.69, 9.17) is 4.74 Å². The van der Waals surface area contributed by atoms with Gasteiger partial charge in [0.15, 0.2) is 0 Å². The molecule has 1 unspecified atom stereocenters. The van der Waals surface area contributed by atoms with Crippen molar-refractivity contribution in [1.82, 2.24) is 10.2 Å². The number of cyclic esters (lactones) is 1. The van der Waals surface area contributed by atoms with Crippen molar-refractivity contribution in [2.45, 2.75) is 12.8 Å². The zero-order chi connectivity index (χ0) is 9.80. The molecule has 0 aromatic rings. The molecule has 80 valence electrons. The van der Waals surface area contributed by atoms with Gasteiger partial charge in [0.05, 0.1) is 6.42 Å². The monoisotopic (exact) mass is 198 g/mol. The van der Waals surface area contributed by atoms with Gasteiger partial charge >= 0.3 is 5.97 Å². The lowest BCUT2D eigenvalue weighted by atomic mass is 10.1. The third-order valence-corrected chi connectivity index (χ3v) is 2.98. The molecular formula is C10H18N2O2. The number of hydrogen-bond donors (Lipinski definition) is 1. The zero-order valence-electron chi connectivity index (χ0n) is 8.50. The highest BCUT2D eigenvalue weighted by molar-refractivity contribution is 5.69. The quantitative estimate of drug-likeness (QED) is 0.626. The van der Waals surface area contributed by atoms with Crippen molar-refractivity contribution in [2.24, 2.45) is 5.92 Å². The van der Waals surface area contributed by atoms with Crippen LogP contribution in [-0.4, -0.2) is 50.2 Å². The maximum absolute atomic E-state index is 11.0. The SMILES string of the molecule is O=C1CCN(CC2CCNC2)CCO1. The first-order valence-corrected chi connectivity index (χ1v) is 5.43. The third kappa shape index (κ3) is 2.69. The van der Waals surface area contributed by atoms with Crippen LogP contribution < -0.4 is 5.32 Å². The number of nitrogens with one attached hydrogen (secondary N) is 1. The molecule has 2 heterocycles. The Labute approximate surface area is 84.6 Å². The van der Waals surface area contributed by atoms with Gasteiger partial charge in [-0.1, -0.05) is 0 Å². The number of esters is 1. The van der Waals surface area contributed by atoms with Crippen LogP contribution in [0.15, 0.2) is 0 Å². The number of hydrogen-bond acceptors (Lipinski definition) is 4. The Morgan fingerprint density at radius 3 is 3.21 bits per heavy atom. The average molecular weight is 198 g/mol. The first kappa shape index (κ1) is 9.93. The van der Waals surface area contributed by atoms with Crippen molar-refractivity contribution in [1.29, 1.82) is 0 Å². The summed E-state index contributed by atoms with van der Waals surface area (Å²) >= 11 is 0. The summed E-state index contributed by atoms with van der Waals surface area (Å²) in [6, 6.07) is 0. The van der Waals surface area contributed by atoms with Crippen LogP contribution in [-0.2, 0) is 9.53 Å².